The topological polar surface area (TPSA) is 17.8 Å². The maximum atomic E-state index is 4.44. The SMILES string of the molecule is CCCCCCCCCCCCCCC(C(CCCCCCCC)Cc1ccccc1)n1ccnc1. The second-order valence-corrected chi connectivity index (χ2v) is 11.3. The number of hydrogen-bond acceptors (Lipinski definition) is 1. The summed E-state index contributed by atoms with van der Waals surface area (Å²) < 4.78 is 2.43. The van der Waals surface area contributed by atoms with Gasteiger partial charge in [-0.1, -0.05) is 160 Å². The molecule has 0 aliphatic heterocycles. The monoisotopic (exact) mass is 494 g/mol. The molecule has 0 fully saturated rings. The fourth-order valence-electron chi connectivity index (χ4n) is 5.82. The molecule has 1 aromatic heterocycles. The zero-order valence-corrected chi connectivity index (χ0v) is 24.0. The highest BCUT2D eigenvalue weighted by Gasteiger charge is 2.23. The number of imidazole rings is 1. The van der Waals surface area contributed by atoms with Gasteiger partial charge in [0.05, 0.1) is 6.33 Å². The molecule has 1 heterocycles. The molecule has 2 rings (SSSR count). The molecule has 0 saturated carbocycles. The van der Waals surface area contributed by atoms with E-state index in [1.165, 1.54) is 140 Å². The fourth-order valence-corrected chi connectivity index (χ4v) is 5.82. The van der Waals surface area contributed by atoms with Crippen LogP contribution in [0.3, 0.4) is 0 Å². The lowest BCUT2D eigenvalue weighted by Gasteiger charge is -2.29. The Morgan fingerprint density at radius 2 is 1.11 bits per heavy atom. The molecule has 36 heavy (non-hydrogen) atoms. The van der Waals surface area contributed by atoms with Crippen LogP contribution in [-0.2, 0) is 6.42 Å². The molecule has 0 saturated heterocycles. The highest BCUT2D eigenvalue weighted by molar-refractivity contribution is 5.15. The van der Waals surface area contributed by atoms with Crippen molar-refractivity contribution < 1.29 is 0 Å². The van der Waals surface area contributed by atoms with Gasteiger partial charge in [-0.2, -0.15) is 0 Å². The first-order valence-electron chi connectivity index (χ1n) is 15.9. The van der Waals surface area contributed by atoms with Crippen LogP contribution in [0.15, 0.2) is 49.1 Å². The van der Waals surface area contributed by atoms with E-state index in [4.69, 9.17) is 0 Å². The number of unbranched alkanes of at least 4 members (excludes halogenated alkanes) is 16. The maximum Gasteiger partial charge on any atom is 0.0948 e. The zero-order chi connectivity index (χ0) is 25.5. The Balaban J connectivity index is 1.78. The Hall–Kier alpha value is -1.57. The first-order valence-corrected chi connectivity index (χ1v) is 15.9. The Kier molecular flexibility index (Phi) is 18.3. The van der Waals surface area contributed by atoms with Gasteiger partial charge < -0.3 is 4.57 Å². The summed E-state index contributed by atoms with van der Waals surface area (Å²) in [5.74, 6) is 0.695. The standard InChI is InChI=1S/C34H58N2/c1-3-5-7-9-11-12-13-14-15-16-18-23-27-34(36-29-28-35-31-36)33(26-22-17-10-8-6-4-2)30-32-24-20-19-21-25-32/h19-21,24-25,28-29,31,33-34H,3-18,22-23,26-27,30H2,1-2H3. The molecule has 0 aliphatic rings. The van der Waals surface area contributed by atoms with Gasteiger partial charge in [-0.05, 0) is 30.7 Å². The second-order valence-electron chi connectivity index (χ2n) is 11.3. The number of aromatic nitrogens is 2. The van der Waals surface area contributed by atoms with Crippen molar-refractivity contribution in [3.63, 3.8) is 0 Å². The van der Waals surface area contributed by atoms with Gasteiger partial charge in [0.25, 0.3) is 0 Å². The predicted octanol–water partition coefficient (Wildman–Crippen LogP) is 11.1. The lowest BCUT2D eigenvalue weighted by Crippen LogP contribution is -2.21. The third-order valence-electron chi connectivity index (χ3n) is 8.07. The maximum absolute atomic E-state index is 4.44. The molecule has 1 aromatic carbocycles. The number of hydrogen-bond donors (Lipinski definition) is 0. The van der Waals surface area contributed by atoms with Crippen molar-refractivity contribution in [3.05, 3.63) is 54.6 Å². The molecule has 0 radical (unpaired) electrons. The van der Waals surface area contributed by atoms with Crippen LogP contribution >= 0.6 is 0 Å². The Labute approximate surface area is 224 Å². The minimum absolute atomic E-state index is 0.575. The molecule has 2 heteroatoms. The molecular formula is C34H58N2. The minimum atomic E-state index is 0.575. The molecule has 0 aliphatic carbocycles. The normalized spacial score (nSPS) is 13.2. The second kappa shape index (κ2) is 21.5. The molecule has 204 valence electrons. The van der Waals surface area contributed by atoms with E-state index in [2.05, 4.69) is 66.3 Å². The van der Waals surface area contributed by atoms with Crippen LogP contribution in [0.5, 0.6) is 0 Å². The summed E-state index contributed by atoms with van der Waals surface area (Å²) in [5, 5.41) is 0. The van der Waals surface area contributed by atoms with Gasteiger partial charge in [0, 0.05) is 18.4 Å². The van der Waals surface area contributed by atoms with Crippen LogP contribution in [0, 0.1) is 5.92 Å². The van der Waals surface area contributed by atoms with Gasteiger partial charge in [0.2, 0.25) is 0 Å². The summed E-state index contributed by atoms with van der Waals surface area (Å²) in [7, 11) is 0. The zero-order valence-electron chi connectivity index (χ0n) is 24.0. The predicted molar refractivity (Wildman–Crippen MR) is 159 cm³/mol. The fraction of sp³-hybridized carbons (Fsp3) is 0.735. The molecule has 0 N–H and O–H groups in total. The van der Waals surface area contributed by atoms with Gasteiger partial charge in [0.1, 0.15) is 0 Å². The molecular weight excluding hydrogens is 436 g/mol. The van der Waals surface area contributed by atoms with Crippen LogP contribution in [0.25, 0.3) is 0 Å². The van der Waals surface area contributed by atoms with Gasteiger partial charge in [-0.25, -0.2) is 4.98 Å². The molecule has 2 atom stereocenters. The third kappa shape index (κ3) is 14.2. The highest BCUT2D eigenvalue weighted by Crippen LogP contribution is 2.32. The molecule has 2 unspecified atom stereocenters. The largest absolute Gasteiger partial charge is 0.334 e. The molecule has 2 nitrogen and oxygen atoms in total. The smallest absolute Gasteiger partial charge is 0.0948 e. The van der Waals surface area contributed by atoms with Crippen LogP contribution in [0.4, 0.5) is 0 Å². The van der Waals surface area contributed by atoms with Crippen molar-refractivity contribution in [1.29, 1.82) is 0 Å². The van der Waals surface area contributed by atoms with E-state index in [0.29, 0.717) is 12.0 Å². The van der Waals surface area contributed by atoms with E-state index in [1.54, 1.807) is 0 Å². The van der Waals surface area contributed by atoms with E-state index < -0.39 is 0 Å². The summed E-state index contributed by atoms with van der Waals surface area (Å²) >= 11 is 0. The Bertz CT molecular complexity index is 693. The molecule has 2 aromatic rings. The van der Waals surface area contributed by atoms with Gasteiger partial charge in [-0.3, -0.25) is 0 Å². The average molecular weight is 495 g/mol. The van der Waals surface area contributed by atoms with Crippen LogP contribution in [0.1, 0.15) is 154 Å². The van der Waals surface area contributed by atoms with Crippen molar-refractivity contribution in [2.24, 2.45) is 5.92 Å². The summed E-state index contributed by atoms with van der Waals surface area (Å²) in [6.45, 7) is 4.61. The van der Waals surface area contributed by atoms with E-state index in [9.17, 15) is 0 Å². The highest BCUT2D eigenvalue weighted by atomic mass is 15.1. The van der Waals surface area contributed by atoms with Gasteiger partial charge in [0.15, 0.2) is 0 Å². The first kappa shape index (κ1) is 30.7. The number of benzene rings is 1. The van der Waals surface area contributed by atoms with Crippen LogP contribution in [0.2, 0.25) is 0 Å². The summed E-state index contributed by atoms with van der Waals surface area (Å²) in [5.41, 5.74) is 1.49. The van der Waals surface area contributed by atoms with E-state index in [0.717, 1.165) is 0 Å². The number of rotatable bonds is 24. The Morgan fingerprint density at radius 1 is 0.611 bits per heavy atom. The molecule has 0 spiro atoms. The minimum Gasteiger partial charge on any atom is -0.334 e. The van der Waals surface area contributed by atoms with Crippen molar-refractivity contribution in [1.82, 2.24) is 9.55 Å². The Morgan fingerprint density at radius 3 is 1.61 bits per heavy atom. The van der Waals surface area contributed by atoms with Crippen molar-refractivity contribution >= 4 is 0 Å². The van der Waals surface area contributed by atoms with E-state index >= 15 is 0 Å². The van der Waals surface area contributed by atoms with Crippen LogP contribution < -0.4 is 0 Å². The summed E-state index contributed by atoms with van der Waals surface area (Å²) in [4.78, 5) is 4.44. The number of nitrogens with zero attached hydrogens (tertiary/aromatic N) is 2. The molecule has 0 bridgehead atoms. The summed E-state index contributed by atoms with van der Waals surface area (Å²) in [6.07, 6.45) is 35.4. The molecule has 0 amide bonds. The lowest BCUT2D eigenvalue weighted by molar-refractivity contribution is 0.275. The third-order valence-corrected chi connectivity index (χ3v) is 8.07. The summed E-state index contributed by atoms with van der Waals surface area (Å²) in [6, 6.07) is 11.8. The van der Waals surface area contributed by atoms with Gasteiger partial charge >= 0.3 is 0 Å². The van der Waals surface area contributed by atoms with E-state index in [-0.39, 0.29) is 0 Å². The average Bonchev–Trinajstić information content (AvgIpc) is 3.44. The van der Waals surface area contributed by atoms with Gasteiger partial charge in [-0.15, -0.1) is 0 Å². The van der Waals surface area contributed by atoms with Crippen LogP contribution in [-0.4, -0.2) is 9.55 Å². The van der Waals surface area contributed by atoms with E-state index in [1.807, 2.05) is 6.20 Å². The van der Waals surface area contributed by atoms with Crippen molar-refractivity contribution in [2.45, 2.75) is 155 Å². The first-order chi connectivity index (χ1) is 17.8. The van der Waals surface area contributed by atoms with Crippen molar-refractivity contribution in [3.8, 4) is 0 Å². The quantitative estimate of drug-likeness (QED) is 0.133. The van der Waals surface area contributed by atoms with Crippen molar-refractivity contribution in [2.75, 3.05) is 0 Å². The lowest BCUT2D eigenvalue weighted by atomic mass is 9.84.